The summed E-state index contributed by atoms with van der Waals surface area (Å²) in [7, 11) is 1.90. The third kappa shape index (κ3) is 4.48. The van der Waals surface area contributed by atoms with E-state index in [4.69, 9.17) is 9.84 Å². The molecule has 0 bridgehead atoms. The van der Waals surface area contributed by atoms with Gasteiger partial charge in [0.05, 0.1) is 19.3 Å². The molecule has 0 spiro atoms. The number of nitrogens with zero attached hydrogens (tertiary/aromatic N) is 1. The summed E-state index contributed by atoms with van der Waals surface area (Å²) < 4.78 is 19.1. The van der Waals surface area contributed by atoms with Gasteiger partial charge in [-0.1, -0.05) is 12.1 Å². The van der Waals surface area contributed by atoms with Crippen molar-refractivity contribution >= 4 is 0 Å². The zero-order chi connectivity index (χ0) is 15.2. The highest BCUT2D eigenvalue weighted by molar-refractivity contribution is 5.25. The number of hydrogen-bond acceptors (Lipinski definition) is 4. The lowest BCUT2D eigenvalue weighted by Crippen LogP contribution is -2.44. The molecule has 0 radical (unpaired) electrons. The quantitative estimate of drug-likeness (QED) is 0.834. The molecule has 1 aromatic rings. The van der Waals surface area contributed by atoms with Crippen molar-refractivity contribution in [2.45, 2.75) is 25.5 Å². The molecule has 1 heterocycles. The topological polar surface area (TPSA) is 44.7 Å². The Kier molecular flexibility index (Phi) is 6.11. The standard InChI is InChI=1S/C16H25FN2O2/c1-12-3-4-13(9-15(12)17)16(18-2)5-6-19-7-8-21-14(10-19)11-20/h3-4,9,14,16,18,20H,5-8,10-11H2,1-2H3. The molecule has 2 rings (SSSR count). The van der Waals surface area contributed by atoms with Crippen LogP contribution in [0.2, 0.25) is 0 Å². The van der Waals surface area contributed by atoms with Crippen LogP contribution in [0.4, 0.5) is 4.39 Å². The fraction of sp³-hybridized carbons (Fsp3) is 0.625. The first-order chi connectivity index (χ1) is 10.1. The Morgan fingerprint density at radius 2 is 2.33 bits per heavy atom. The van der Waals surface area contributed by atoms with Gasteiger partial charge in [0.15, 0.2) is 0 Å². The van der Waals surface area contributed by atoms with E-state index in [0.29, 0.717) is 12.2 Å². The molecule has 1 aliphatic heterocycles. The van der Waals surface area contributed by atoms with Gasteiger partial charge in [0.1, 0.15) is 5.82 Å². The number of aryl methyl sites for hydroxylation is 1. The minimum atomic E-state index is -0.153. The second-order valence-corrected chi connectivity index (χ2v) is 5.61. The van der Waals surface area contributed by atoms with Crippen LogP contribution in [0, 0.1) is 12.7 Å². The number of aliphatic hydroxyl groups is 1. The van der Waals surface area contributed by atoms with E-state index in [-0.39, 0.29) is 24.6 Å². The van der Waals surface area contributed by atoms with Crippen molar-refractivity contribution in [3.05, 3.63) is 35.1 Å². The van der Waals surface area contributed by atoms with Gasteiger partial charge in [-0.15, -0.1) is 0 Å². The molecule has 5 heteroatoms. The number of aliphatic hydroxyl groups excluding tert-OH is 1. The molecule has 1 saturated heterocycles. The predicted molar refractivity (Wildman–Crippen MR) is 80.8 cm³/mol. The summed E-state index contributed by atoms with van der Waals surface area (Å²) >= 11 is 0. The van der Waals surface area contributed by atoms with Gasteiger partial charge in [-0.3, -0.25) is 4.90 Å². The highest BCUT2D eigenvalue weighted by Crippen LogP contribution is 2.20. The molecule has 0 aromatic heterocycles. The van der Waals surface area contributed by atoms with Crippen LogP contribution in [-0.4, -0.2) is 56.0 Å². The minimum Gasteiger partial charge on any atom is -0.394 e. The first kappa shape index (κ1) is 16.4. The van der Waals surface area contributed by atoms with Crippen LogP contribution in [0.25, 0.3) is 0 Å². The molecule has 0 amide bonds. The number of ether oxygens (including phenoxy) is 1. The Morgan fingerprint density at radius 1 is 1.52 bits per heavy atom. The van der Waals surface area contributed by atoms with Gasteiger partial charge in [0.2, 0.25) is 0 Å². The van der Waals surface area contributed by atoms with Gasteiger partial charge >= 0.3 is 0 Å². The summed E-state index contributed by atoms with van der Waals surface area (Å²) in [6.07, 6.45) is 0.820. The lowest BCUT2D eigenvalue weighted by Gasteiger charge is -2.33. The number of rotatable bonds is 6. The maximum absolute atomic E-state index is 13.7. The lowest BCUT2D eigenvalue weighted by atomic mass is 10.0. The fourth-order valence-corrected chi connectivity index (χ4v) is 2.71. The average molecular weight is 296 g/mol. The van der Waals surface area contributed by atoms with E-state index in [2.05, 4.69) is 10.2 Å². The van der Waals surface area contributed by atoms with Crippen LogP contribution in [0.15, 0.2) is 18.2 Å². The number of morpholine rings is 1. The van der Waals surface area contributed by atoms with Gasteiger partial charge in [0, 0.05) is 25.7 Å². The van der Waals surface area contributed by atoms with E-state index in [1.165, 1.54) is 0 Å². The van der Waals surface area contributed by atoms with Crippen molar-refractivity contribution < 1.29 is 14.2 Å². The largest absolute Gasteiger partial charge is 0.394 e. The molecule has 1 fully saturated rings. The minimum absolute atomic E-state index is 0.0646. The third-order valence-electron chi connectivity index (χ3n) is 4.11. The predicted octanol–water partition coefficient (Wildman–Crippen LogP) is 1.48. The summed E-state index contributed by atoms with van der Waals surface area (Å²) in [6.45, 7) is 5.05. The summed E-state index contributed by atoms with van der Waals surface area (Å²) in [6, 6.07) is 5.56. The molecule has 21 heavy (non-hydrogen) atoms. The Labute approximate surface area is 125 Å². The summed E-state index contributed by atoms with van der Waals surface area (Å²) in [4.78, 5) is 2.29. The zero-order valence-corrected chi connectivity index (χ0v) is 12.8. The van der Waals surface area contributed by atoms with Crippen molar-refractivity contribution in [1.29, 1.82) is 0 Å². The van der Waals surface area contributed by atoms with E-state index in [9.17, 15) is 4.39 Å². The molecule has 118 valence electrons. The summed E-state index contributed by atoms with van der Waals surface area (Å²) in [5.74, 6) is -0.153. The molecular weight excluding hydrogens is 271 g/mol. The fourth-order valence-electron chi connectivity index (χ4n) is 2.71. The monoisotopic (exact) mass is 296 g/mol. The van der Waals surface area contributed by atoms with Crippen LogP contribution in [0.1, 0.15) is 23.6 Å². The van der Waals surface area contributed by atoms with Gasteiger partial charge in [-0.25, -0.2) is 4.39 Å². The van der Waals surface area contributed by atoms with Crippen molar-refractivity contribution in [2.24, 2.45) is 0 Å². The lowest BCUT2D eigenvalue weighted by molar-refractivity contribution is -0.0533. The van der Waals surface area contributed by atoms with Gasteiger partial charge < -0.3 is 15.2 Å². The van der Waals surface area contributed by atoms with Gasteiger partial charge in [-0.05, 0) is 37.6 Å². The number of hydrogen-bond donors (Lipinski definition) is 2. The van der Waals surface area contributed by atoms with E-state index in [1.807, 2.05) is 19.2 Å². The molecule has 4 nitrogen and oxygen atoms in total. The number of halogens is 1. The first-order valence-corrected chi connectivity index (χ1v) is 7.52. The second-order valence-electron chi connectivity index (χ2n) is 5.61. The Bertz CT molecular complexity index is 456. The van der Waals surface area contributed by atoms with Crippen molar-refractivity contribution in [3.8, 4) is 0 Å². The smallest absolute Gasteiger partial charge is 0.126 e. The van der Waals surface area contributed by atoms with Gasteiger partial charge in [-0.2, -0.15) is 0 Å². The van der Waals surface area contributed by atoms with Crippen LogP contribution >= 0.6 is 0 Å². The van der Waals surface area contributed by atoms with Crippen LogP contribution in [-0.2, 0) is 4.74 Å². The molecule has 0 aliphatic carbocycles. The third-order valence-corrected chi connectivity index (χ3v) is 4.11. The molecule has 2 N–H and O–H groups in total. The normalized spacial score (nSPS) is 21.4. The number of benzene rings is 1. The molecule has 2 unspecified atom stereocenters. The zero-order valence-electron chi connectivity index (χ0n) is 12.8. The van der Waals surface area contributed by atoms with Crippen molar-refractivity contribution in [1.82, 2.24) is 10.2 Å². The highest BCUT2D eigenvalue weighted by atomic mass is 19.1. The Morgan fingerprint density at radius 3 is 3.00 bits per heavy atom. The molecule has 0 saturated carbocycles. The second kappa shape index (κ2) is 7.84. The van der Waals surface area contributed by atoms with E-state index < -0.39 is 0 Å². The Hall–Kier alpha value is -1.01. The van der Waals surface area contributed by atoms with Crippen LogP contribution in [0.5, 0.6) is 0 Å². The van der Waals surface area contributed by atoms with E-state index in [0.717, 1.165) is 31.6 Å². The molecule has 2 atom stereocenters. The van der Waals surface area contributed by atoms with Crippen molar-refractivity contribution in [3.63, 3.8) is 0 Å². The van der Waals surface area contributed by atoms with Gasteiger partial charge in [0.25, 0.3) is 0 Å². The average Bonchev–Trinajstić information content (AvgIpc) is 2.51. The number of nitrogens with one attached hydrogen (secondary N) is 1. The molecule has 1 aliphatic rings. The van der Waals surface area contributed by atoms with E-state index in [1.54, 1.807) is 13.0 Å². The molecular formula is C16H25FN2O2. The van der Waals surface area contributed by atoms with Crippen molar-refractivity contribution in [2.75, 3.05) is 39.9 Å². The maximum atomic E-state index is 13.7. The van der Waals surface area contributed by atoms with E-state index >= 15 is 0 Å². The summed E-state index contributed by atoms with van der Waals surface area (Å²) in [5, 5.41) is 12.4. The van der Waals surface area contributed by atoms with Crippen LogP contribution in [0.3, 0.4) is 0 Å². The first-order valence-electron chi connectivity index (χ1n) is 7.52. The highest BCUT2D eigenvalue weighted by Gasteiger charge is 2.20. The molecule has 1 aromatic carbocycles. The maximum Gasteiger partial charge on any atom is 0.126 e. The summed E-state index contributed by atoms with van der Waals surface area (Å²) in [5.41, 5.74) is 1.65. The van der Waals surface area contributed by atoms with Crippen LogP contribution < -0.4 is 5.32 Å². The SMILES string of the molecule is CNC(CCN1CCOC(CO)C1)c1ccc(C)c(F)c1. The Balaban J connectivity index is 1.91.